The Morgan fingerprint density at radius 1 is 0.886 bits per heavy atom. The lowest BCUT2D eigenvalue weighted by Gasteiger charge is -2.25. The van der Waals surface area contributed by atoms with Crippen LogP contribution in [0.15, 0.2) is 66.7 Å². The first kappa shape index (κ1) is 25.7. The molecule has 0 aliphatic carbocycles. The van der Waals surface area contributed by atoms with E-state index >= 15 is 4.39 Å². The van der Waals surface area contributed by atoms with Gasteiger partial charge in [-0.1, -0.05) is 60.7 Å². The molecule has 0 saturated heterocycles. The molecule has 3 aromatic carbocycles. The molecule has 1 amide bonds. The molecule has 3 rings (SSSR count). The number of rotatable bonds is 7. The summed E-state index contributed by atoms with van der Waals surface area (Å²) in [5, 5.41) is 0. The summed E-state index contributed by atoms with van der Waals surface area (Å²) < 4.78 is 66.9. The number of halogens is 4. The molecule has 0 aromatic heterocycles. The first-order chi connectivity index (χ1) is 16.6. The fourth-order valence-electron chi connectivity index (χ4n) is 3.56. The van der Waals surface area contributed by atoms with Gasteiger partial charge in [-0.2, -0.15) is 13.2 Å². The highest BCUT2D eigenvalue weighted by Gasteiger charge is 2.37. The first-order valence-electron chi connectivity index (χ1n) is 10.6. The number of hydrogen-bond donors (Lipinski definition) is 0. The lowest BCUT2D eigenvalue weighted by molar-refractivity contribution is -0.145. The average molecular weight is 489 g/mol. The van der Waals surface area contributed by atoms with Crippen LogP contribution < -0.4 is 0 Å². The van der Waals surface area contributed by atoms with Gasteiger partial charge in [-0.25, -0.2) is 9.18 Å². The summed E-state index contributed by atoms with van der Waals surface area (Å²) in [7, 11) is 1.33. The number of amides is 1. The molecule has 0 N–H and O–H groups in total. The Bertz CT molecular complexity index is 1180. The van der Waals surface area contributed by atoms with Gasteiger partial charge >= 0.3 is 18.2 Å². The molecule has 9 heteroatoms. The van der Waals surface area contributed by atoms with E-state index in [4.69, 9.17) is 9.47 Å². The van der Waals surface area contributed by atoms with Crippen LogP contribution in [0.5, 0.6) is 0 Å². The predicted octanol–water partition coefficient (Wildman–Crippen LogP) is 6.34. The summed E-state index contributed by atoms with van der Waals surface area (Å²) in [6.07, 6.45) is -5.74. The highest BCUT2D eigenvalue weighted by atomic mass is 19.4. The van der Waals surface area contributed by atoms with Crippen molar-refractivity contribution in [2.24, 2.45) is 0 Å². The summed E-state index contributed by atoms with van der Waals surface area (Å²) >= 11 is 0. The van der Waals surface area contributed by atoms with Crippen LogP contribution in [0.3, 0.4) is 0 Å². The zero-order valence-electron chi connectivity index (χ0n) is 19.1. The minimum absolute atomic E-state index is 0.0488. The van der Waals surface area contributed by atoms with Crippen molar-refractivity contribution in [2.75, 3.05) is 7.05 Å². The van der Waals surface area contributed by atoms with Crippen LogP contribution in [0, 0.1) is 5.82 Å². The van der Waals surface area contributed by atoms with E-state index in [2.05, 4.69) is 0 Å². The maximum atomic E-state index is 15.2. The van der Waals surface area contributed by atoms with Gasteiger partial charge in [-0.05, 0) is 22.8 Å². The second-order valence-corrected chi connectivity index (χ2v) is 7.78. The van der Waals surface area contributed by atoms with Crippen LogP contribution in [0.1, 0.15) is 29.2 Å². The number of benzene rings is 3. The van der Waals surface area contributed by atoms with E-state index < -0.39 is 48.3 Å². The van der Waals surface area contributed by atoms with Gasteiger partial charge in [0.05, 0.1) is 5.56 Å². The van der Waals surface area contributed by atoms with Crippen molar-refractivity contribution in [1.29, 1.82) is 0 Å². The number of nitrogens with zero attached hydrogens (tertiary/aromatic N) is 1. The van der Waals surface area contributed by atoms with Gasteiger partial charge in [0.15, 0.2) is 0 Å². The number of ether oxygens (including phenoxy) is 2. The SMILES string of the molecule is CC(=O)OCc1c(C(F)(F)F)cc(F)c(-c2ccccc2)c1CN(C)C(=O)OCc1ccccc1. The summed E-state index contributed by atoms with van der Waals surface area (Å²) in [6.45, 7) is -0.156. The summed E-state index contributed by atoms with van der Waals surface area (Å²) in [6, 6.07) is 17.2. The highest BCUT2D eigenvalue weighted by Crippen LogP contribution is 2.40. The van der Waals surface area contributed by atoms with Crippen molar-refractivity contribution in [2.45, 2.75) is 32.9 Å². The van der Waals surface area contributed by atoms with Crippen molar-refractivity contribution < 1.29 is 36.6 Å². The monoisotopic (exact) mass is 489 g/mol. The first-order valence-corrected chi connectivity index (χ1v) is 10.6. The summed E-state index contributed by atoms with van der Waals surface area (Å²) in [5.41, 5.74) is -0.941. The molecule has 0 spiro atoms. The Labute approximate surface area is 199 Å². The smallest absolute Gasteiger partial charge is 0.416 e. The van der Waals surface area contributed by atoms with E-state index in [1.54, 1.807) is 60.7 Å². The molecule has 0 aliphatic heterocycles. The second-order valence-electron chi connectivity index (χ2n) is 7.78. The normalized spacial score (nSPS) is 11.1. The third-order valence-electron chi connectivity index (χ3n) is 5.20. The number of carbonyl (C=O) groups is 2. The van der Waals surface area contributed by atoms with Crippen LogP contribution >= 0.6 is 0 Å². The van der Waals surface area contributed by atoms with Gasteiger partial charge in [0.1, 0.15) is 19.0 Å². The van der Waals surface area contributed by atoms with Crippen LogP contribution in [0.25, 0.3) is 11.1 Å². The third kappa shape index (κ3) is 6.59. The zero-order chi connectivity index (χ0) is 25.6. The van der Waals surface area contributed by atoms with E-state index in [1.165, 1.54) is 7.05 Å². The molecule has 5 nitrogen and oxygen atoms in total. The van der Waals surface area contributed by atoms with Gasteiger partial charge in [0, 0.05) is 31.6 Å². The minimum atomic E-state index is -4.92. The molecule has 0 fully saturated rings. The van der Waals surface area contributed by atoms with E-state index in [0.717, 1.165) is 17.4 Å². The van der Waals surface area contributed by atoms with Gasteiger partial charge < -0.3 is 14.4 Å². The number of alkyl halides is 3. The Morgan fingerprint density at radius 3 is 2.06 bits per heavy atom. The second kappa shape index (κ2) is 11.0. The zero-order valence-corrected chi connectivity index (χ0v) is 19.1. The Hall–Kier alpha value is -3.88. The molecule has 0 atom stereocenters. The van der Waals surface area contributed by atoms with Crippen molar-refractivity contribution in [1.82, 2.24) is 4.90 Å². The molecule has 184 valence electrons. The minimum Gasteiger partial charge on any atom is -0.461 e. The molecular formula is C26H23F4NO4. The number of esters is 1. The van der Waals surface area contributed by atoms with Gasteiger partial charge in [0.25, 0.3) is 0 Å². The lowest BCUT2D eigenvalue weighted by atomic mass is 9.90. The van der Waals surface area contributed by atoms with E-state index in [-0.39, 0.29) is 17.7 Å². The third-order valence-corrected chi connectivity index (χ3v) is 5.20. The van der Waals surface area contributed by atoms with Crippen LogP contribution in [0.4, 0.5) is 22.4 Å². The number of carbonyl (C=O) groups excluding carboxylic acids is 2. The van der Waals surface area contributed by atoms with E-state index in [1.807, 2.05) is 0 Å². The van der Waals surface area contributed by atoms with E-state index in [0.29, 0.717) is 11.6 Å². The van der Waals surface area contributed by atoms with Crippen molar-refractivity contribution in [3.8, 4) is 11.1 Å². The average Bonchev–Trinajstić information content (AvgIpc) is 2.82. The maximum Gasteiger partial charge on any atom is 0.416 e. The summed E-state index contributed by atoms with van der Waals surface area (Å²) in [4.78, 5) is 25.1. The largest absolute Gasteiger partial charge is 0.461 e. The van der Waals surface area contributed by atoms with Crippen LogP contribution in [-0.2, 0) is 40.2 Å². The van der Waals surface area contributed by atoms with Crippen molar-refractivity contribution >= 4 is 12.1 Å². The topological polar surface area (TPSA) is 55.8 Å². The molecule has 0 bridgehead atoms. The van der Waals surface area contributed by atoms with Gasteiger partial charge in [0.2, 0.25) is 0 Å². The highest BCUT2D eigenvalue weighted by molar-refractivity contribution is 5.73. The Balaban J connectivity index is 2.05. The molecule has 3 aromatic rings. The molecule has 0 radical (unpaired) electrons. The molecule has 35 heavy (non-hydrogen) atoms. The van der Waals surface area contributed by atoms with Gasteiger partial charge in [-0.3, -0.25) is 4.79 Å². The van der Waals surface area contributed by atoms with Crippen LogP contribution in [0.2, 0.25) is 0 Å². The van der Waals surface area contributed by atoms with Crippen molar-refractivity contribution in [3.63, 3.8) is 0 Å². The molecule has 0 aliphatic rings. The molecular weight excluding hydrogens is 466 g/mol. The standard InChI is InChI=1S/C26H23F4NO4/c1-17(32)34-16-21-20(14-31(2)25(33)35-15-18-9-5-3-6-10-18)24(19-11-7-4-8-12-19)23(27)13-22(21)26(28,29)30/h3-13H,14-16H2,1-2H3. The lowest BCUT2D eigenvalue weighted by Crippen LogP contribution is -2.28. The van der Waals surface area contributed by atoms with Crippen molar-refractivity contribution in [3.05, 3.63) is 94.8 Å². The Morgan fingerprint density at radius 2 is 1.49 bits per heavy atom. The maximum absolute atomic E-state index is 15.2. The van der Waals surface area contributed by atoms with E-state index in [9.17, 15) is 22.8 Å². The molecule has 0 unspecified atom stereocenters. The molecule has 0 heterocycles. The fraction of sp³-hybridized carbons (Fsp3) is 0.231. The van der Waals surface area contributed by atoms with Crippen LogP contribution in [-0.4, -0.2) is 24.0 Å². The predicted molar refractivity (Wildman–Crippen MR) is 120 cm³/mol. The summed E-state index contributed by atoms with van der Waals surface area (Å²) in [5.74, 6) is -1.92. The Kier molecular flexibility index (Phi) is 8.11. The quantitative estimate of drug-likeness (QED) is 0.287. The molecule has 0 saturated carbocycles. The number of hydrogen-bond acceptors (Lipinski definition) is 4. The van der Waals surface area contributed by atoms with Gasteiger partial charge in [-0.15, -0.1) is 0 Å². The fourth-order valence-corrected chi connectivity index (χ4v) is 3.56.